The number of pyridine rings is 1. The largest absolute Gasteiger partial charge is 0.433 e. The predicted octanol–water partition coefficient (Wildman–Crippen LogP) is 5.79. The second-order valence-electron chi connectivity index (χ2n) is 5.22. The molecule has 0 spiro atoms. The average molecular weight is 359 g/mol. The summed E-state index contributed by atoms with van der Waals surface area (Å²) in [7, 11) is 0. The first-order chi connectivity index (χ1) is 10.8. The Morgan fingerprint density at radius 2 is 1.78 bits per heavy atom. The Morgan fingerprint density at radius 3 is 2.39 bits per heavy atom. The summed E-state index contributed by atoms with van der Waals surface area (Å²) in [6, 6.07) is 7.97. The van der Waals surface area contributed by atoms with Crippen LogP contribution in [-0.2, 0) is 12.6 Å². The number of fused-ring (bicyclic) bond motifs is 1. The van der Waals surface area contributed by atoms with Gasteiger partial charge in [-0.3, -0.25) is 0 Å². The second-order valence-corrected chi connectivity index (χ2v) is 6.04. The van der Waals surface area contributed by atoms with E-state index in [-0.39, 0.29) is 0 Å². The molecular formula is C16H11Cl2F3N2. The van der Waals surface area contributed by atoms with Gasteiger partial charge >= 0.3 is 6.18 Å². The fourth-order valence-electron chi connectivity index (χ4n) is 2.48. The van der Waals surface area contributed by atoms with Crippen molar-refractivity contribution in [3.8, 4) is 0 Å². The van der Waals surface area contributed by atoms with Gasteiger partial charge in [-0.05, 0) is 36.8 Å². The number of hydrogen-bond donors (Lipinski definition) is 1. The lowest BCUT2D eigenvalue weighted by Crippen LogP contribution is -2.08. The molecular weight excluding hydrogens is 348 g/mol. The molecule has 2 heterocycles. The molecule has 3 rings (SSSR count). The van der Waals surface area contributed by atoms with Crippen LogP contribution in [0.3, 0.4) is 0 Å². The topological polar surface area (TPSA) is 28.7 Å². The van der Waals surface area contributed by atoms with Crippen LogP contribution in [0.25, 0.3) is 10.9 Å². The van der Waals surface area contributed by atoms with Crippen LogP contribution in [0.4, 0.5) is 13.2 Å². The van der Waals surface area contributed by atoms with Crippen molar-refractivity contribution >= 4 is 34.1 Å². The van der Waals surface area contributed by atoms with E-state index in [9.17, 15) is 13.2 Å². The van der Waals surface area contributed by atoms with E-state index in [1.807, 2.05) is 0 Å². The molecule has 0 saturated carbocycles. The fourth-order valence-corrected chi connectivity index (χ4v) is 3.01. The molecule has 0 atom stereocenters. The molecule has 0 bridgehead atoms. The van der Waals surface area contributed by atoms with E-state index in [1.54, 1.807) is 31.2 Å². The molecule has 3 aromatic rings. The maximum Gasteiger partial charge on any atom is 0.433 e. The minimum Gasteiger partial charge on any atom is -0.358 e. The van der Waals surface area contributed by atoms with Crippen LogP contribution in [-0.4, -0.2) is 9.97 Å². The summed E-state index contributed by atoms with van der Waals surface area (Å²) in [5.74, 6) is 0. The number of aryl methyl sites for hydroxylation is 1. The summed E-state index contributed by atoms with van der Waals surface area (Å²) in [4.78, 5) is 6.63. The van der Waals surface area contributed by atoms with Crippen LogP contribution in [0.5, 0.6) is 0 Å². The number of hydrogen-bond acceptors (Lipinski definition) is 1. The summed E-state index contributed by atoms with van der Waals surface area (Å²) in [6.07, 6.45) is -4.08. The maximum absolute atomic E-state index is 12.8. The highest BCUT2D eigenvalue weighted by molar-refractivity contribution is 6.36. The van der Waals surface area contributed by atoms with E-state index in [1.165, 1.54) is 0 Å². The van der Waals surface area contributed by atoms with E-state index in [0.717, 1.165) is 17.3 Å². The number of nitrogens with one attached hydrogen (secondary N) is 1. The van der Waals surface area contributed by atoms with Gasteiger partial charge in [0.15, 0.2) is 0 Å². The third-order valence-corrected chi connectivity index (χ3v) is 4.29. The van der Waals surface area contributed by atoms with Crippen molar-refractivity contribution in [2.24, 2.45) is 0 Å². The molecule has 0 aliphatic heterocycles. The number of benzene rings is 1. The third-order valence-electron chi connectivity index (χ3n) is 3.58. The number of aromatic amines is 1. The highest BCUT2D eigenvalue weighted by Gasteiger charge is 2.33. The van der Waals surface area contributed by atoms with E-state index in [0.29, 0.717) is 33.1 Å². The van der Waals surface area contributed by atoms with Gasteiger partial charge < -0.3 is 4.98 Å². The van der Waals surface area contributed by atoms with Crippen molar-refractivity contribution in [3.63, 3.8) is 0 Å². The van der Waals surface area contributed by atoms with Gasteiger partial charge in [0.2, 0.25) is 0 Å². The van der Waals surface area contributed by atoms with Crippen LogP contribution < -0.4 is 0 Å². The summed E-state index contributed by atoms with van der Waals surface area (Å²) >= 11 is 12.3. The molecule has 0 saturated heterocycles. The summed E-state index contributed by atoms with van der Waals surface area (Å²) in [5, 5.41) is 1.68. The number of halogens is 5. The number of rotatable bonds is 2. The van der Waals surface area contributed by atoms with E-state index < -0.39 is 11.9 Å². The van der Waals surface area contributed by atoms with Crippen LogP contribution in [0.2, 0.25) is 10.0 Å². The van der Waals surface area contributed by atoms with Crippen molar-refractivity contribution in [1.82, 2.24) is 9.97 Å². The van der Waals surface area contributed by atoms with Crippen molar-refractivity contribution in [1.29, 1.82) is 0 Å². The molecule has 0 radical (unpaired) electrons. The Balaban J connectivity index is 2.05. The Kier molecular flexibility index (Phi) is 4.02. The van der Waals surface area contributed by atoms with Gasteiger partial charge in [0.1, 0.15) is 5.69 Å². The third kappa shape index (κ3) is 3.16. The predicted molar refractivity (Wildman–Crippen MR) is 85.1 cm³/mol. The second kappa shape index (κ2) is 5.73. The van der Waals surface area contributed by atoms with E-state index >= 15 is 0 Å². The summed E-state index contributed by atoms with van der Waals surface area (Å²) in [5.41, 5.74) is 1.25. The van der Waals surface area contributed by atoms with Gasteiger partial charge in [0.05, 0.1) is 0 Å². The monoisotopic (exact) mass is 358 g/mol. The first kappa shape index (κ1) is 16.1. The van der Waals surface area contributed by atoms with Crippen molar-refractivity contribution in [2.75, 3.05) is 0 Å². The summed E-state index contributed by atoms with van der Waals surface area (Å²) in [6.45, 7) is 1.55. The molecule has 2 nitrogen and oxygen atoms in total. The quantitative estimate of drug-likeness (QED) is 0.617. The van der Waals surface area contributed by atoms with Crippen molar-refractivity contribution in [2.45, 2.75) is 19.5 Å². The van der Waals surface area contributed by atoms with Gasteiger partial charge in [-0.2, -0.15) is 13.2 Å². The Morgan fingerprint density at radius 1 is 1.13 bits per heavy atom. The summed E-state index contributed by atoms with van der Waals surface area (Å²) < 4.78 is 38.5. The van der Waals surface area contributed by atoms with Gasteiger partial charge in [0, 0.05) is 38.8 Å². The van der Waals surface area contributed by atoms with Crippen LogP contribution in [0.1, 0.15) is 22.6 Å². The molecule has 0 unspecified atom stereocenters. The smallest absolute Gasteiger partial charge is 0.358 e. The Hall–Kier alpha value is -1.72. The van der Waals surface area contributed by atoms with Gasteiger partial charge in [0.25, 0.3) is 0 Å². The molecule has 1 aromatic carbocycles. The van der Waals surface area contributed by atoms with E-state index in [4.69, 9.17) is 23.2 Å². The zero-order valence-electron chi connectivity index (χ0n) is 11.9. The standard InChI is InChI=1S/C16H11Cl2F3N2/c1-8-10-5-9(6-11-12(17)3-2-4-13(11)18)23-14(10)7-15(22-8)16(19,20)21/h2-5,7,23H,6H2,1H3. The molecule has 2 aromatic heterocycles. The highest BCUT2D eigenvalue weighted by atomic mass is 35.5. The minimum atomic E-state index is -4.48. The molecule has 0 aliphatic rings. The molecule has 7 heteroatoms. The van der Waals surface area contributed by atoms with E-state index in [2.05, 4.69) is 9.97 Å². The van der Waals surface area contributed by atoms with Crippen LogP contribution in [0, 0.1) is 6.92 Å². The zero-order chi connectivity index (χ0) is 16.8. The zero-order valence-corrected chi connectivity index (χ0v) is 13.4. The minimum absolute atomic E-state index is 0.322. The number of alkyl halides is 3. The van der Waals surface area contributed by atoms with Gasteiger partial charge in [-0.1, -0.05) is 29.3 Å². The lowest BCUT2D eigenvalue weighted by Gasteiger charge is -2.06. The Labute approximate surface area is 140 Å². The first-order valence-corrected chi connectivity index (χ1v) is 7.50. The maximum atomic E-state index is 12.8. The highest BCUT2D eigenvalue weighted by Crippen LogP contribution is 2.32. The van der Waals surface area contributed by atoms with Crippen LogP contribution >= 0.6 is 23.2 Å². The number of H-pyrrole nitrogens is 1. The van der Waals surface area contributed by atoms with Crippen LogP contribution in [0.15, 0.2) is 30.3 Å². The lowest BCUT2D eigenvalue weighted by molar-refractivity contribution is -0.141. The Bertz CT molecular complexity index is 865. The number of nitrogens with zero attached hydrogens (tertiary/aromatic N) is 1. The molecule has 120 valence electrons. The lowest BCUT2D eigenvalue weighted by atomic mass is 10.1. The molecule has 23 heavy (non-hydrogen) atoms. The van der Waals surface area contributed by atoms with Gasteiger partial charge in [-0.15, -0.1) is 0 Å². The normalized spacial score (nSPS) is 12.1. The first-order valence-electron chi connectivity index (χ1n) is 6.75. The number of aromatic nitrogens is 2. The SMILES string of the molecule is Cc1nc(C(F)(F)F)cc2[nH]c(Cc3c(Cl)cccc3Cl)cc12. The molecule has 0 fully saturated rings. The van der Waals surface area contributed by atoms with Crippen molar-refractivity contribution < 1.29 is 13.2 Å². The molecule has 0 aliphatic carbocycles. The molecule has 0 amide bonds. The van der Waals surface area contributed by atoms with Gasteiger partial charge in [-0.25, -0.2) is 4.98 Å². The van der Waals surface area contributed by atoms with Crippen molar-refractivity contribution in [3.05, 3.63) is 63.0 Å². The fraction of sp³-hybridized carbons (Fsp3) is 0.188. The average Bonchev–Trinajstić information content (AvgIpc) is 2.85. The molecule has 1 N–H and O–H groups in total.